The summed E-state index contributed by atoms with van der Waals surface area (Å²) in [5, 5.41) is 3.02. The van der Waals surface area contributed by atoms with E-state index in [0.29, 0.717) is 48.8 Å². The van der Waals surface area contributed by atoms with Crippen LogP contribution < -0.4 is 14.8 Å². The van der Waals surface area contributed by atoms with Gasteiger partial charge >= 0.3 is 0 Å². The number of carbonyl (C=O) groups excluding carboxylic acids is 2. The molecule has 0 saturated carbocycles. The first kappa shape index (κ1) is 15.6. The zero-order valence-corrected chi connectivity index (χ0v) is 13.6. The molecule has 0 atom stereocenters. The zero-order valence-electron chi connectivity index (χ0n) is 13.6. The summed E-state index contributed by atoms with van der Waals surface area (Å²) in [6.45, 7) is 1.29. The van der Waals surface area contributed by atoms with E-state index < -0.39 is 0 Å². The number of likely N-dealkylation sites (tertiary alicyclic amines) is 1. The number of amides is 2. The number of benzene rings is 1. The van der Waals surface area contributed by atoms with E-state index in [0.717, 1.165) is 0 Å². The Morgan fingerprint density at radius 2 is 1.92 bits per heavy atom. The van der Waals surface area contributed by atoms with Crippen LogP contribution in [0.2, 0.25) is 0 Å². The largest absolute Gasteiger partial charge is 0.459 e. The van der Waals surface area contributed by atoms with Crippen molar-refractivity contribution in [3.05, 3.63) is 47.9 Å². The van der Waals surface area contributed by atoms with E-state index in [4.69, 9.17) is 13.9 Å². The molecule has 2 aliphatic heterocycles. The summed E-state index contributed by atoms with van der Waals surface area (Å²) in [6, 6.07) is 8.65. The maximum atomic E-state index is 12.5. The van der Waals surface area contributed by atoms with Crippen LogP contribution in [-0.4, -0.2) is 42.6 Å². The van der Waals surface area contributed by atoms with Gasteiger partial charge in [-0.15, -0.1) is 0 Å². The van der Waals surface area contributed by atoms with Gasteiger partial charge in [-0.05, 0) is 37.1 Å². The van der Waals surface area contributed by atoms with Crippen LogP contribution in [0.25, 0.3) is 0 Å². The molecule has 2 aromatic rings. The van der Waals surface area contributed by atoms with Gasteiger partial charge in [0, 0.05) is 19.1 Å². The normalized spacial score (nSPS) is 16.7. The monoisotopic (exact) mass is 342 g/mol. The third-order valence-electron chi connectivity index (χ3n) is 4.49. The SMILES string of the molecule is O=C(NC1CCN(C(=O)c2ccco2)CC1)c1cccc2c1OCO2. The first-order valence-corrected chi connectivity index (χ1v) is 8.24. The van der Waals surface area contributed by atoms with E-state index in [9.17, 15) is 9.59 Å². The average Bonchev–Trinajstić information content (AvgIpc) is 3.33. The molecule has 3 heterocycles. The van der Waals surface area contributed by atoms with Crippen molar-refractivity contribution in [3.8, 4) is 11.5 Å². The smallest absolute Gasteiger partial charge is 0.289 e. The molecule has 0 bridgehead atoms. The molecule has 0 aliphatic carbocycles. The summed E-state index contributed by atoms with van der Waals surface area (Å²) >= 11 is 0. The second-order valence-electron chi connectivity index (χ2n) is 6.06. The molecule has 0 unspecified atom stereocenters. The van der Waals surface area contributed by atoms with Crippen molar-refractivity contribution in [1.29, 1.82) is 0 Å². The van der Waals surface area contributed by atoms with Crippen molar-refractivity contribution in [2.45, 2.75) is 18.9 Å². The van der Waals surface area contributed by atoms with Gasteiger partial charge in [0.25, 0.3) is 11.8 Å². The second-order valence-corrected chi connectivity index (χ2v) is 6.06. The minimum atomic E-state index is -0.182. The van der Waals surface area contributed by atoms with Crippen LogP contribution in [0, 0.1) is 0 Å². The summed E-state index contributed by atoms with van der Waals surface area (Å²) in [5.41, 5.74) is 0.476. The summed E-state index contributed by atoms with van der Waals surface area (Å²) in [5.74, 6) is 1.13. The Morgan fingerprint density at radius 3 is 2.68 bits per heavy atom. The number of hydrogen-bond acceptors (Lipinski definition) is 5. The fourth-order valence-corrected chi connectivity index (χ4v) is 3.16. The van der Waals surface area contributed by atoms with E-state index >= 15 is 0 Å². The third-order valence-corrected chi connectivity index (χ3v) is 4.49. The Balaban J connectivity index is 1.35. The van der Waals surface area contributed by atoms with Crippen molar-refractivity contribution in [2.75, 3.05) is 19.9 Å². The van der Waals surface area contributed by atoms with Crippen LogP contribution in [0.4, 0.5) is 0 Å². The molecule has 25 heavy (non-hydrogen) atoms. The highest BCUT2D eigenvalue weighted by Gasteiger charge is 2.28. The fraction of sp³-hybridized carbons (Fsp3) is 0.333. The molecule has 130 valence electrons. The topological polar surface area (TPSA) is 81.0 Å². The van der Waals surface area contributed by atoms with Crippen LogP contribution in [0.3, 0.4) is 0 Å². The molecule has 0 spiro atoms. The van der Waals surface area contributed by atoms with Crippen LogP contribution >= 0.6 is 0 Å². The number of ether oxygens (including phenoxy) is 2. The molecule has 2 aliphatic rings. The molecule has 2 amide bonds. The molecule has 1 aromatic heterocycles. The number of furan rings is 1. The summed E-state index contributed by atoms with van der Waals surface area (Å²) < 4.78 is 15.8. The van der Waals surface area contributed by atoms with Gasteiger partial charge in [-0.25, -0.2) is 0 Å². The lowest BCUT2D eigenvalue weighted by atomic mass is 10.0. The maximum absolute atomic E-state index is 12.5. The lowest BCUT2D eigenvalue weighted by Gasteiger charge is -2.31. The molecule has 1 N–H and O–H groups in total. The maximum Gasteiger partial charge on any atom is 0.289 e. The van der Waals surface area contributed by atoms with Crippen molar-refractivity contribution in [2.24, 2.45) is 0 Å². The number of para-hydroxylation sites is 1. The van der Waals surface area contributed by atoms with E-state index in [1.54, 1.807) is 35.2 Å². The van der Waals surface area contributed by atoms with Crippen molar-refractivity contribution in [1.82, 2.24) is 10.2 Å². The summed E-state index contributed by atoms with van der Waals surface area (Å²) in [6.07, 6.45) is 2.89. The van der Waals surface area contributed by atoms with Crippen LogP contribution in [0.1, 0.15) is 33.8 Å². The average molecular weight is 342 g/mol. The Labute approximate surface area is 144 Å². The number of fused-ring (bicyclic) bond motifs is 1. The predicted molar refractivity (Wildman–Crippen MR) is 87.7 cm³/mol. The Morgan fingerprint density at radius 1 is 1.08 bits per heavy atom. The highest BCUT2D eigenvalue weighted by atomic mass is 16.7. The van der Waals surface area contributed by atoms with Crippen LogP contribution in [0.15, 0.2) is 41.0 Å². The molecule has 1 aromatic carbocycles. The Bertz CT molecular complexity index is 779. The molecule has 7 heteroatoms. The zero-order chi connectivity index (χ0) is 17.2. The van der Waals surface area contributed by atoms with Crippen LogP contribution in [0.5, 0.6) is 11.5 Å². The minimum Gasteiger partial charge on any atom is -0.459 e. The molecular weight excluding hydrogens is 324 g/mol. The molecule has 4 rings (SSSR count). The van der Waals surface area contributed by atoms with Gasteiger partial charge in [-0.3, -0.25) is 9.59 Å². The molecule has 1 saturated heterocycles. The van der Waals surface area contributed by atoms with Gasteiger partial charge in [-0.1, -0.05) is 6.07 Å². The predicted octanol–water partition coefficient (Wildman–Crippen LogP) is 2.04. The highest BCUT2D eigenvalue weighted by Crippen LogP contribution is 2.35. The van der Waals surface area contributed by atoms with E-state index in [2.05, 4.69) is 5.32 Å². The highest BCUT2D eigenvalue weighted by molar-refractivity contribution is 5.98. The van der Waals surface area contributed by atoms with Gasteiger partial charge in [-0.2, -0.15) is 0 Å². The second kappa shape index (κ2) is 6.51. The number of piperidine rings is 1. The van der Waals surface area contributed by atoms with Gasteiger partial charge in [0.05, 0.1) is 11.8 Å². The van der Waals surface area contributed by atoms with E-state index in [1.165, 1.54) is 6.26 Å². The number of nitrogens with one attached hydrogen (secondary N) is 1. The van der Waals surface area contributed by atoms with Crippen molar-refractivity contribution in [3.63, 3.8) is 0 Å². The summed E-state index contributed by atoms with van der Waals surface area (Å²) in [7, 11) is 0. The van der Waals surface area contributed by atoms with Gasteiger partial charge in [0.15, 0.2) is 17.3 Å². The third kappa shape index (κ3) is 3.05. The van der Waals surface area contributed by atoms with Crippen LogP contribution in [-0.2, 0) is 0 Å². The summed E-state index contributed by atoms with van der Waals surface area (Å²) in [4.78, 5) is 26.5. The molecular formula is C18H18N2O5. The first-order valence-electron chi connectivity index (χ1n) is 8.24. The van der Waals surface area contributed by atoms with Gasteiger partial charge in [0.1, 0.15) is 0 Å². The lowest BCUT2D eigenvalue weighted by Crippen LogP contribution is -2.46. The number of carbonyl (C=O) groups is 2. The Kier molecular flexibility index (Phi) is 4.05. The van der Waals surface area contributed by atoms with Crippen molar-refractivity contribution < 1.29 is 23.5 Å². The van der Waals surface area contributed by atoms with E-state index in [1.807, 2.05) is 0 Å². The fourth-order valence-electron chi connectivity index (χ4n) is 3.16. The quantitative estimate of drug-likeness (QED) is 0.923. The number of rotatable bonds is 3. The molecule has 1 fully saturated rings. The lowest BCUT2D eigenvalue weighted by molar-refractivity contribution is 0.0667. The number of hydrogen-bond donors (Lipinski definition) is 1. The molecule has 0 radical (unpaired) electrons. The number of nitrogens with zero attached hydrogens (tertiary/aromatic N) is 1. The van der Waals surface area contributed by atoms with E-state index in [-0.39, 0.29) is 24.6 Å². The standard InChI is InChI=1S/C18H18N2O5/c21-17(13-3-1-4-14-16(13)25-11-24-14)19-12-6-8-20(9-7-12)18(22)15-5-2-10-23-15/h1-5,10,12H,6-9,11H2,(H,19,21). The van der Waals surface area contributed by atoms with Gasteiger partial charge < -0.3 is 24.1 Å². The van der Waals surface area contributed by atoms with Crippen molar-refractivity contribution >= 4 is 11.8 Å². The van der Waals surface area contributed by atoms with Gasteiger partial charge in [0.2, 0.25) is 6.79 Å². The Hall–Kier alpha value is -2.96. The minimum absolute atomic E-state index is 0.0197. The first-order chi connectivity index (χ1) is 12.2. The molecule has 7 nitrogen and oxygen atoms in total.